The Morgan fingerprint density at radius 2 is 1.37 bits per heavy atom. The summed E-state index contributed by atoms with van der Waals surface area (Å²) < 4.78 is 0. The fourth-order valence-corrected chi connectivity index (χ4v) is 5.06. The Morgan fingerprint density at radius 3 is 2.17 bits per heavy atom. The first kappa shape index (κ1) is 21.5. The molecule has 0 aliphatic carbocycles. The van der Waals surface area contributed by atoms with Gasteiger partial charge in [0, 0.05) is 28.7 Å². The monoisotopic (exact) mass is 452 g/mol. The number of benzene rings is 4. The lowest BCUT2D eigenvalue weighted by molar-refractivity contribution is 0.596. The Bertz CT molecular complexity index is 1720. The van der Waals surface area contributed by atoms with Gasteiger partial charge in [-0.2, -0.15) is 0 Å². The maximum absolute atomic E-state index is 4.89. The molecule has 35 heavy (non-hydrogen) atoms. The van der Waals surface area contributed by atoms with Crippen LogP contribution in [0.25, 0.3) is 54.8 Å². The van der Waals surface area contributed by atoms with Crippen LogP contribution in [0.4, 0.5) is 0 Å². The first-order valence-corrected chi connectivity index (χ1v) is 12.2. The number of hydrogen-bond acceptors (Lipinski definition) is 2. The molecule has 0 aliphatic rings. The van der Waals surface area contributed by atoms with E-state index in [1.54, 1.807) is 0 Å². The quantitative estimate of drug-likeness (QED) is 0.245. The van der Waals surface area contributed by atoms with Crippen LogP contribution in [0, 0.1) is 6.92 Å². The number of pyridine rings is 2. The van der Waals surface area contributed by atoms with Gasteiger partial charge in [0.1, 0.15) is 0 Å². The summed E-state index contributed by atoms with van der Waals surface area (Å²) in [6.45, 7) is 8.94. The lowest BCUT2D eigenvalue weighted by atomic mass is 9.82. The van der Waals surface area contributed by atoms with Crippen LogP contribution in [0.3, 0.4) is 0 Å². The lowest BCUT2D eigenvalue weighted by Gasteiger charge is -2.23. The van der Waals surface area contributed by atoms with Crippen molar-refractivity contribution >= 4 is 32.4 Å². The van der Waals surface area contributed by atoms with E-state index in [2.05, 4.69) is 113 Å². The maximum Gasteiger partial charge on any atom is 0.0796 e. The number of aromatic nitrogens is 2. The van der Waals surface area contributed by atoms with Crippen LogP contribution in [0.1, 0.15) is 31.9 Å². The van der Waals surface area contributed by atoms with E-state index in [4.69, 9.17) is 9.97 Å². The van der Waals surface area contributed by atoms with Gasteiger partial charge in [-0.3, -0.25) is 9.97 Å². The van der Waals surface area contributed by atoms with Gasteiger partial charge in [-0.1, -0.05) is 87.0 Å². The van der Waals surface area contributed by atoms with Crippen LogP contribution in [0.2, 0.25) is 0 Å². The Morgan fingerprint density at radius 1 is 0.600 bits per heavy atom. The Balaban J connectivity index is 1.55. The Hall–Kier alpha value is -4.04. The summed E-state index contributed by atoms with van der Waals surface area (Å²) in [4.78, 5) is 9.74. The topological polar surface area (TPSA) is 25.8 Å². The molecule has 0 saturated carbocycles. The molecule has 2 nitrogen and oxygen atoms in total. The van der Waals surface area contributed by atoms with Gasteiger partial charge in [0.2, 0.25) is 0 Å². The third kappa shape index (κ3) is 3.76. The van der Waals surface area contributed by atoms with Crippen LogP contribution in [-0.2, 0) is 5.41 Å². The van der Waals surface area contributed by atoms with Crippen molar-refractivity contribution in [3.63, 3.8) is 0 Å². The second-order valence-electron chi connectivity index (χ2n) is 10.5. The number of aryl methyl sites for hydroxylation is 1. The molecule has 6 aromatic rings. The first-order chi connectivity index (χ1) is 16.9. The molecule has 170 valence electrons. The summed E-state index contributed by atoms with van der Waals surface area (Å²) >= 11 is 0. The zero-order valence-corrected chi connectivity index (χ0v) is 20.6. The molecule has 0 amide bonds. The summed E-state index contributed by atoms with van der Waals surface area (Å²) in [5.41, 5.74) is 8.14. The van der Waals surface area contributed by atoms with E-state index in [9.17, 15) is 0 Å². The van der Waals surface area contributed by atoms with Crippen molar-refractivity contribution in [3.8, 4) is 22.4 Å². The summed E-state index contributed by atoms with van der Waals surface area (Å²) in [6, 6.07) is 30.6. The largest absolute Gasteiger partial charge is 0.256 e. The van der Waals surface area contributed by atoms with Crippen molar-refractivity contribution in [2.24, 2.45) is 0 Å². The lowest BCUT2D eigenvalue weighted by Crippen LogP contribution is -2.12. The van der Waals surface area contributed by atoms with Crippen LogP contribution in [0.15, 0.2) is 97.3 Å². The molecule has 6 rings (SSSR count). The Labute approximate surface area is 206 Å². The fourth-order valence-electron chi connectivity index (χ4n) is 5.06. The third-order valence-electron chi connectivity index (χ3n) is 6.94. The molecule has 0 bridgehead atoms. The van der Waals surface area contributed by atoms with Crippen molar-refractivity contribution < 1.29 is 0 Å². The summed E-state index contributed by atoms with van der Waals surface area (Å²) in [6.07, 6.45) is 3.92. The molecule has 0 spiro atoms. The van der Waals surface area contributed by atoms with E-state index >= 15 is 0 Å². The minimum absolute atomic E-state index is 0.0253. The molecule has 0 atom stereocenters. The van der Waals surface area contributed by atoms with Gasteiger partial charge in [-0.25, -0.2) is 0 Å². The molecule has 0 aliphatic heterocycles. The zero-order chi connectivity index (χ0) is 24.2. The highest BCUT2D eigenvalue weighted by Crippen LogP contribution is 2.37. The van der Waals surface area contributed by atoms with Crippen molar-refractivity contribution in [1.29, 1.82) is 0 Å². The summed E-state index contributed by atoms with van der Waals surface area (Å²) in [7, 11) is 0. The zero-order valence-electron chi connectivity index (χ0n) is 20.6. The molecule has 0 radical (unpaired) electrons. The smallest absolute Gasteiger partial charge is 0.0796 e. The first-order valence-electron chi connectivity index (χ1n) is 12.2. The molecule has 0 saturated heterocycles. The van der Waals surface area contributed by atoms with E-state index in [0.29, 0.717) is 0 Å². The number of nitrogens with zero attached hydrogens (tertiary/aromatic N) is 2. The van der Waals surface area contributed by atoms with Crippen molar-refractivity contribution in [2.45, 2.75) is 33.1 Å². The van der Waals surface area contributed by atoms with E-state index < -0.39 is 0 Å². The van der Waals surface area contributed by atoms with Gasteiger partial charge in [0.05, 0.1) is 11.2 Å². The van der Waals surface area contributed by atoms with E-state index in [-0.39, 0.29) is 5.41 Å². The third-order valence-corrected chi connectivity index (χ3v) is 6.94. The molecular weight excluding hydrogens is 424 g/mol. The second-order valence-corrected chi connectivity index (χ2v) is 10.5. The molecule has 0 fully saturated rings. The van der Waals surface area contributed by atoms with E-state index in [1.165, 1.54) is 38.4 Å². The Kier molecular flexibility index (Phi) is 4.93. The van der Waals surface area contributed by atoms with Gasteiger partial charge in [-0.15, -0.1) is 0 Å². The molecule has 2 heteroatoms. The number of rotatable bonds is 2. The van der Waals surface area contributed by atoms with Crippen LogP contribution >= 0.6 is 0 Å². The van der Waals surface area contributed by atoms with Crippen molar-refractivity contribution in [2.75, 3.05) is 0 Å². The highest BCUT2D eigenvalue weighted by atomic mass is 14.7. The SMILES string of the molecule is Cc1ccc(-c2ccc3c(c2)ncc2c(-c4cc(C(C)(C)C)c5ccccc5c4)nccc23)cc1. The average Bonchev–Trinajstić information content (AvgIpc) is 2.87. The standard InChI is InChI=1S/C33H28N2/c1-21-9-11-22(12-10-21)23-13-14-28-27-15-16-34-32(29(27)20-35-31(28)19-23)25-17-24-7-5-6-8-26(24)30(18-25)33(2,3)4/h5-20H,1-4H3. The van der Waals surface area contributed by atoms with Gasteiger partial charge in [0.15, 0.2) is 0 Å². The van der Waals surface area contributed by atoms with E-state index in [0.717, 1.165) is 27.5 Å². The minimum Gasteiger partial charge on any atom is -0.256 e. The number of fused-ring (bicyclic) bond motifs is 4. The van der Waals surface area contributed by atoms with Crippen molar-refractivity contribution in [1.82, 2.24) is 9.97 Å². The van der Waals surface area contributed by atoms with Crippen LogP contribution in [0.5, 0.6) is 0 Å². The van der Waals surface area contributed by atoms with E-state index in [1.807, 2.05) is 12.4 Å². The molecule has 4 aromatic carbocycles. The van der Waals surface area contributed by atoms with Gasteiger partial charge in [-0.05, 0) is 69.5 Å². The summed E-state index contributed by atoms with van der Waals surface area (Å²) in [5, 5.41) is 5.96. The highest BCUT2D eigenvalue weighted by molar-refractivity contribution is 6.10. The molecule has 0 unspecified atom stereocenters. The molecule has 2 aromatic heterocycles. The minimum atomic E-state index is 0.0253. The highest BCUT2D eigenvalue weighted by Gasteiger charge is 2.19. The number of hydrogen-bond donors (Lipinski definition) is 0. The van der Waals surface area contributed by atoms with Gasteiger partial charge in [0.25, 0.3) is 0 Å². The molecule has 2 heterocycles. The van der Waals surface area contributed by atoms with Crippen molar-refractivity contribution in [3.05, 3.63) is 108 Å². The molecule has 0 N–H and O–H groups in total. The second kappa shape index (κ2) is 8.02. The predicted molar refractivity (Wildman–Crippen MR) is 149 cm³/mol. The molecular formula is C33H28N2. The maximum atomic E-state index is 4.89. The van der Waals surface area contributed by atoms with Gasteiger partial charge < -0.3 is 0 Å². The van der Waals surface area contributed by atoms with Crippen LogP contribution < -0.4 is 0 Å². The van der Waals surface area contributed by atoms with Gasteiger partial charge >= 0.3 is 0 Å². The fraction of sp³-hybridized carbons (Fsp3) is 0.152. The average molecular weight is 453 g/mol. The van der Waals surface area contributed by atoms with Crippen LogP contribution in [-0.4, -0.2) is 9.97 Å². The normalized spacial score (nSPS) is 12.0. The summed E-state index contributed by atoms with van der Waals surface area (Å²) in [5.74, 6) is 0. The predicted octanol–water partition coefficient (Wildman–Crippen LogP) is 8.88.